The number of hydrogen-bond donors (Lipinski definition) is 0. The Morgan fingerprint density at radius 2 is 1.79 bits per heavy atom. The zero-order chi connectivity index (χ0) is 21.0. The number of ether oxygens (including phenoxy) is 1. The number of carbonyl (C=O) groups excluding carboxylic acids is 2. The highest BCUT2D eigenvalue weighted by Crippen LogP contribution is 2.33. The van der Waals surface area contributed by atoms with Gasteiger partial charge in [0.1, 0.15) is 12.3 Å². The maximum atomic E-state index is 13.0. The summed E-state index contributed by atoms with van der Waals surface area (Å²) in [4.78, 5) is 26.7. The van der Waals surface area contributed by atoms with Crippen molar-refractivity contribution >= 4 is 17.5 Å². The van der Waals surface area contributed by atoms with Crippen LogP contribution < -0.4 is 4.74 Å². The van der Waals surface area contributed by atoms with Gasteiger partial charge in [-0.1, -0.05) is 44.2 Å². The fraction of sp³-hybridized carbons (Fsp3) is 0.348. The first kappa shape index (κ1) is 20.6. The Kier molecular flexibility index (Phi) is 6.32. The maximum Gasteiger partial charge on any atom is 0.262 e. The maximum absolute atomic E-state index is 13.0. The Hall–Kier alpha value is -3.15. The Morgan fingerprint density at radius 3 is 2.38 bits per heavy atom. The molecule has 0 aromatic heterocycles. The summed E-state index contributed by atoms with van der Waals surface area (Å²) >= 11 is 0. The zero-order valence-corrected chi connectivity index (χ0v) is 17.3. The van der Waals surface area contributed by atoms with Gasteiger partial charge < -0.3 is 9.64 Å². The topological polar surface area (TPSA) is 62.2 Å². The van der Waals surface area contributed by atoms with Crippen molar-refractivity contribution in [2.24, 2.45) is 11.0 Å². The second-order valence-electron chi connectivity index (χ2n) is 7.49. The van der Waals surface area contributed by atoms with E-state index < -0.39 is 0 Å². The molecule has 6 nitrogen and oxygen atoms in total. The van der Waals surface area contributed by atoms with E-state index >= 15 is 0 Å². The largest absolute Gasteiger partial charge is 0.497 e. The van der Waals surface area contributed by atoms with E-state index in [2.05, 4.69) is 5.10 Å². The number of amides is 2. The number of rotatable bonds is 6. The number of likely N-dealkylation sites (N-methyl/N-ethyl adjacent to an activating group) is 1. The predicted molar refractivity (Wildman–Crippen MR) is 113 cm³/mol. The Morgan fingerprint density at radius 1 is 1.14 bits per heavy atom. The zero-order valence-electron chi connectivity index (χ0n) is 17.3. The number of methoxy groups -OCH3 is 1. The second kappa shape index (κ2) is 8.90. The number of benzene rings is 2. The van der Waals surface area contributed by atoms with Crippen molar-refractivity contribution in [2.75, 3.05) is 20.7 Å². The molecule has 0 spiro atoms. The molecule has 1 aliphatic heterocycles. The van der Waals surface area contributed by atoms with Crippen LogP contribution in [-0.2, 0) is 9.59 Å². The van der Waals surface area contributed by atoms with Gasteiger partial charge in [-0.05, 0) is 35.4 Å². The average molecular weight is 393 g/mol. The third kappa shape index (κ3) is 4.65. The highest BCUT2D eigenvalue weighted by Gasteiger charge is 2.34. The van der Waals surface area contributed by atoms with Crippen molar-refractivity contribution in [1.82, 2.24) is 9.91 Å². The van der Waals surface area contributed by atoms with Crippen LogP contribution in [0.3, 0.4) is 0 Å². The SMILES string of the molecule is COc1ccc(C2=NN(C(=O)CN(C)C(=O)C(C)C)[C@H](c3ccccc3)C2)cc1. The summed E-state index contributed by atoms with van der Waals surface area (Å²) in [5, 5.41) is 6.18. The first-order valence-electron chi connectivity index (χ1n) is 9.74. The van der Waals surface area contributed by atoms with Gasteiger partial charge in [0.25, 0.3) is 5.91 Å². The molecule has 2 amide bonds. The van der Waals surface area contributed by atoms with Gasteiger partial charge in [0, 0.05) is 19.4 Å². The summed E-state index contributed by atoms with van der Waals surface area (Å²) in [6.45, 7) is 3.65. The lowest BCUT2D eigenvalue weighted by molar-refractivity contribution is -0.142. The number of hydrogen-bond acceptors (Lipinski definition) is 4. The standard InChI is InChI=1S/C23H27N3O3/c1-16(2)23(28)25(3)15-22(27)26-21(18-8-6-5-7-9-18)14-20(24-26)17-10-12-19(29-4)13-11-17/h5-13,16,21H,14-15H2,1-4H3/t21-/m0/s1. The second-order valence-corrected chi connectivity index (χ2v) is 7.49. The molecule has 2 aromatic rings. The van der Waals surface area contributed by atoms with Gasteiger partial charge in [-0.2, -0.15) is 5.10 Å². The quantitative estimate of drug-likeness (QED) is 0.755. The van der Waals surface area contributed by atoms with Crippen molar-refractivity contribution in [3.8, 4) is 5.75 Å². The molecule has 0 fully saturated rings. The van der Waals surface area contributed by atoms with Crippen molar-refractivity contribution in [3.05, 3.63) is 65.7 Å². The highest BCUT2D eigenvalue weighted by molar-refractivity contribution is 6.03. The molecular formula is C23H27N3O3. The van der Waals surface area contributed by atoms with Gasteiger partial charge in [-0.15, -0.1) is 0 Å². The van der Waals surface area contributed by atoms with Gasteiger partial charge in [-0.3, -0.25) is 9.59 Å². The lowest BCUT2D eigenvalue weighted by Crippen LogP contribution is -2.40. The number of carbonyl (C=O) groups is 2. The average Bonchev–Trinajstić information content (AvgIpc) is 3.19. The smallest absolute Gasteiger partial charge is 0.262 e. The molecular weight excluding hydrogens is 366 g/mol. The van der Waals surface area contributed by atoms with E-state index in [4.69, 9.17) is 4.74 Å². The normalized spacial score (nSPS) is 16.0. The monoisotopic (exact) mass is 393 g/mol. The van der Waals surface area contributed by atoms with Gasteiger partial charge >= 0.3 is 0 Å². The van der Waals surface area contributed by atoms with Crippen LogP contribution >= 0.6 is 0 Å². The molecule has 3 rings (SSSR count). The molecule has 0 saturated carbocycles. The Labute approximate surface area is 171 Å². The molecule has 1 atom stereocenters. The number of hydrazone groups is 1. The van der Waals surface area contributed by atoms with Crippen molar-refractivity contribution in [1.29, 1.82) is 0 Å². The summed E-state index contributed by atoms with van der Waals surface area (Å²) in [5.74, 6) is 0.357. The molecule has 0 bridgehead atoms. The fourth-order valence-electron chi connectivity index (χ4n) is 3.43. The minimum atomic E-state index is -0.195. The summed E-state index contributed by atoms with van der Waals surface area (Å²) in [6.07, 6.45) is 0.615. The van der Waals surface area contributed by atoms with E-state index in [-0.39, 0.29) is 30.3 Å². The van der Waals surface area contributed by atoms with Crippen LogP contribution in [0.1, 0.15) is 37.4 Å². The number of nitrogens with zero attached hydrogens (tertiary/aromatic N) is 3. The van der Waals surface area contributed by atoms with Gasteiger partial charge in [-0.25, -0.2) is 5.01 Å². The highest BCUT2D eigenvalue weighted by atomic mass is 16.5. The molecule has 2 aromatic carbocycles. The Bertz CT molecular complexity index is 891. The van der Waals surface area contributed by atoms with Crippen molar-refractivity contribution in [2.45, 2.75) is 26.3 Å². The molecule has 0 unspecified atom stereocenters. The van der Waals surface area contributed by atoms with Crippen LogP contribution in [0.25, 0.3) is 0 Å². The van der Waals surface area contributed by atoms with Crippen LogP contribution in [0.5, 0.6) is 5.75 Å². The van der Waals surface area contributed by atoms with E-state index in [1.165, 1.54) is 9.91 Å². The Balaban J connectivity index is 1.87. The summed E-state index contributed by atoms with van der Waals surface area (Å²) in [6, 6.07) is 17.3. The minimum Gasteiger partial charge on any atom is -0.497 e. The van der Waals surface area contributed by atoms with E-state index in [9.17, 15) is 9.59 Å². The van der Waals surface area contributed by atoms with Gasteiger partial charge in [0.15, 0.2) is 0 Å². The van der Waals surface area contributed by atoms with E-state index in [0.29, 0.717) is 6.42 Å². The molecule has 0 aliphatic carbocycles. The molecule has 0 radical (unpaired) electrons. The van der Waals surface area contributed by atoms with Crippen LogP contribution in [0, 0.1) is 5.92 Å². The van der Waals surface area contributed by atoms with Crippen LogP contribution in [0.15, 0.2) is 59.7 Å². The lowest BCUT2D eigenvalue weighted by Gasteiger charge is -2.25. The van der Waals surface area contributed by atoms with E-state index in [1.54, 1.807) is 14.2 Å². The molecule has 1 heterocycles. The minimum absolute atomic E-state index is 0.000258. The molecule has 6 heteroatoms. The molecule has 152 valence electrons. The first-order chi connectivity index (χ1) is 13.9. The van der Waals surface area contributed by atoms with Crippen molar-refractivity contribution in [3.63, 3.8) is 0 Å². The summed E-state index contributed by atoms with van der Waals surface area (Å²) in [7, 11) is 3.28. The van der Waals surface area contributed by atoms with Gasteiger partial charge in [0.2, 0.25) is 5.91 Å². The third-order valence-corrected chi connectivity index (χ3v) is 5.02. The van der Waals surface area contributed by atoms with Crippen molar-refractivity contribution < 1.29 is 14.3 Å². The molecule has 0 N–H and O–H groups in total. The van der Waals surface area contributed by atoms with Crippen LogP contribution in [-0.4, -0.2) is 48.1 Å². The summed E-state index contributed by atoms with van der Waals surface area (Å²) < 4.78 is 5.23. The molecule has 0 saturated heterocycles. The van der Waals surface area contributed by atoms with Crippen LogP contribution in [0.4, 0.5) is 0 Å². The van der Waals surface area contributed by atoms with E-state index in [0.717, 1.165) is 22.6 Å². The van der Waals surface area contributed by atoms with E-state index in [1.807, 2.05) is 68.4 Å². The predicted octanol–water partition coefficient (Wildman–Crippen LogP) is 3.49. The van der Waals surface area contributed by atoms with Crippen LogP contribution in [0.2, 0.25) is 0 Å². The molecule has 1 aliphatic rings. The first-order valence-corrected chi connectivity index (χ1v) is 9.74. The fourth-order valence-corrected chi connectivity index (χ4v) is 3.43. The molecule has 29 heavy (non-hydrogen) atoms. The van der Waals surface area contributed by atoms with Gasteiger partial charge in [0.05, 0.1) is 18.9 Å². The lowest BCUT2D eigenvalue weighted by atomic mass is 9.98. The third-order valence-electron chi connectivity index (χ3n) is 5.02. The summed E-state index contributed by atoms with van der Waals surface area (Å²) in [5.41, 5.74) is 2.81.